The number of rotatable bonds is 4. The average Bonchev–Trinajstić information content (AvgIpc) is 2.11. The van der Waals surface area contributed by atoms with E-state index in [9.17, 15) is 26.4 Å². The van der Waals surface area contributed by atoms with Crippen molar-refractivity contribution in [1.29, 1.82) is 0 Å². The summed E-state index contributed by atoms with van der Waals surface area (Å²) in [5.74, 6) is -1.51. The predicted octanol–water partition coefficient (Wildman–Crippen LogP) is 0.745. The molecule has 0 aliphatic carbocycles. The number of esters is 1. The summed E-state index contributed by atoms with van der Waals surface area (Å²) >= 11 is 2.53. The number of carbonyl (C=O) groups is 1. The molecule has 0 aliphatic heterocycles. The monoisotopic (exact) mass is 338 g/mol. The van der Waals surface area contributed by atoms with E-state index in [1.807, 2.05) is 0 Å². The number of terminal acetylenes is 1. The molecule has 2 unspecified atom stereocenters. The fraction of sp³-hybridized carbons (Fsp3) is 0.571. The van der Waals surface area contributed by atoms with Crippen LogP contribution in [0.4, 0.5) is 13.2 Å². The Morgan fingerprint density at radius 2 is 2.00 bits per heavy atom. The molecule has 0 saturated carbocycles. The van der Waals surface area contributed by atoms with Gasteiger partial charge in [0.05, 0.1) is 0 Å². The molecule has 0 fully saturated rings. The van der Waals surface area contributed by atoms with Crippen molar-refractivity contribution < 1.29 is 35.7 Å². The van der Waals surface area contributed by atoms with E-state index in [1.54, 1.807) is 5.92 Å². The van der Waals surface area contributed by atoms with Crippen LogP contribution in [0.1, 0.15) is 0 Å². The Morgan fingerprint density at radius 3 is 2.29 bits per heavy atom. The van der Waals surface area contributed by atoms with Gasteiger partial charge in [0, 0.05) is 0 Å². The van der Waals surface area contributed by atoms with Crippen LogP contribution < -0.4 is 0 Å². The average molecular weight is 339 g/mol. The minimum Gasteiger partial charge on any atom is -0.450 e. The number of carbonyl (C=O) groups excluding carboxylic acids is 1. The molecule has 0 aromatic carbocycles. The molecule has 0 spiro atoms. The van der Waals surface area contributed by atoms with Gasteiger partial charge < -0.3 is 4.74 Å². The largest absolute Gasteiger partial charge is 0.450 e. The summed E-state index contributed by atoms with van der Waals surface area (Å²) in [6, 6.07) is 0. The van der Waals surface area contributed by atoms with Gasteiger partial charge in [-0.05, 0) is 0 Å². The van der Waals surface area contributed by atoms with E-state index >= 15 is 0 Å². The third-order valence-electron chi connectivity index (χ3n) is 1.34. The van der Waals surface area contributed by atoms with E-state index in [4.69, 9.17) is 11.0 Å². The van der Waals surface area contributed by atoms with Crippen LogP contribution >= 0.6 is 15.9 Å². The Labute approximate surface area is 103 Å². The first-order valence-electron chi connectivity index (χ1n) is 3.80. The van der Waals surface area contributed by atoms with Crippen molar-refractivity contribution in [3.8, 4) is 12.3 Å². The lowest BCUT2D eigenvalue weighted by Gasteiger charge is -2.19. The maximum absolute atomic E-state index is 12.3. The van der Waals surface area contributed by atoms with E-state index in [2.05, 4.69) is 20.7 Å². The number of hydrogen-bond donors (Lipinski definition) is 1. The molecule has 0 saturated heterocycles. The Balaban J connectivity index is 4.88. The lowest BCUT2D eigenvalue weighted by molar-refractivity contribution is -0.214. The Morgan fingerprint density at radius 1 is 1.53 bits per heavy atom. The Kier molecular flexibility index (Phi) is 5.44. The Hall–Kier alpha value is -0.790. The van der Waals surface area contributed by atoms with Crippen LogP contribution in [0.5, 0.6) is 0 Å². The first-order chi connectivity index (χ1) is 7.47. The fourth-order valence-electron chi connectivity index (χ4n) is 0.655. The van der Waals surface area contributed by atoms with Crippen LogP contribution in [0.25, 0.3) is 0 Å². The minimum atomic E-state index is -5.13. The summed E-state index contributed by atoms with van der Waals surface area (Å²) in [7, 11) is -4.95. The van der Waals surface area contributed by atoms with Crippen LogP contribution in [-0.4, -0.2) is 41.8 Å². The highest BCUT2D eigenvalue weighted by Gasteiger charge is 2.45. The first-order valence-corrected chi connectivity index (χ1v) is 6.32. The molecule has 5 nitrogen and oxygen atoms in total. The zero-order valence-electron chi connectivity index (χ0n) is 7.94. The topological polar surface area (TPSA) is 80.7 Å². The number of alkyl halides is 4. The van der Waals surface area contributed by atoms with Crippen molar-refractivity contribution >= 4 is 32.0 Å². The van der Waals surface area contributed by atoms with E-state index in [0.717, 1.165) is 0 Å². The van der Waals surface area contributed by atoms with Gasteiger partial charge in [-0.25, -0.2) is 4.79 Å². The molecule has 0 bridgehead atoms. The molecule has 2 atom stereocenters. The highest BCUT2D eigenvalue weighted by Crippen LogP contribution is 2.25. The Bertz CT molecular complexity index is 424. The van der Waals surface area contributed by atoms with Gasteiger partial charge in [0.1, 0.15) is 5.75 Å². The number of halogens is 4. The van der Waals surface area contributed by atoms with E-state index < -0.39 is 38.9 Å². The molecular formula is C7H6BrF3O5S. The van der Waals surface area contributed by atoms with Crippen LogP contribution in [0, 0.1) is 12.3 Å². The lowest BCUT2D eigenvalue weighted by Crippen LogP contribution is -2.40. The third kappa shape index (κ3) is 6.50. The lowest BCUT2D eigenvalue weighted by atomic mass is 10.4. The number of ether oxygens (including phenoxy) is 1. The third-order valence-corrected chi connectivity index (χ3v) is 2.70. The van der Waals surface area contributed by atoms with Crippen molar-refractivity contribution in [2.45, 2.75) is 17.1 Å². The van der Waals surface area contributed by atoms with Crippen molar-refractivity contribution in [3.63, 3.8) is 0 Å². The van der Waals surface area contributed by atoms with Gasteiger partial charge in [-0.2, -0.15) is 21.6 Å². The summed E-state index contributed by atoms with van der Waals surface area (Å²) in [5, 5.41) is 0. The smallest absolute Gasteiger partial charge is 0.426 e. The molecular weight excluding hydrogens is 333 g/mol. The van der Waals surface area contributed by atoms with Gasteiger partial charge in [-0.15, -0.1) is 6.42 Å². The predicted molar refractivity (Wildman–Crippen MR) is 53.9 cm³/mol. The molecule has 0 rings (SSSR count). The van der Waals surface area contributed by atoms with E-state index in [0.29, 0.717) is 0 Å². The molecule has 17 heavy (non-hydrogen) atoms. The fourth-order valence-corrected chi connectivity index (χ4v) is 1.40. The zero-order valence-corrected chi connectivity index (χ0v) is 10.3. The highest BCUT2D eigenvalue weighted by molar-refractivity contribution is 9.10. The zero-order chi connectivity index (χ0) is 13.9. The molecule has 0 radical (unpaired) electrons. The maximum Gasteiger partial charge on any atom is 0.426 e. The summed E-state index contributed by atoms with van der Waals surface area (Å²) in [4.78, 5) is 9.49. The first kappa shape index (κ1) is 16.2. The molecule has 0 amide bonds. The normalized spacial score (nSPS) is 15.8. The van der Waals surface area contributed by atoms with Crippen LogP contribution in [0.2, 0.25) is 0 Å². The maximum atomic E-state index is 12.3. The summed E-state index contributed by atoms with van der Waals surface area (Å²) in [6.07, 6.45) is -3.37. The summed E-state index contributed by atoms with van der Waals surface area (Å²) < 4.78 is 69.6. The summed E-state index contributed by atoms with van der Waals surface area (Å²) in [6.45, 7) is 0. The van der Waals surface area contributed by atoms with Gasteiger partial charge in [0.25, 0.3) is 10.1 Å². The van der Waals surface area contributed by atoms with Gasteiger partial charge in [-0.3, -0.25) is 4.55 Å². The molecule has 10 heteroatoms. The van der Waals surface area contributed by atoms with Crippen LogP contribution in [-0.2, 0) is 19.6 Å². The van der Waals surface area contributed by atoms with E-state index in [1.165, 1.54) is 0 Å². The van der Waals surface area contributed by atoms with E-state index in [-0.39, 0.29) is 0 Å². The quantitative estimate of drug-likeness (QED) is 0.354. The molecule has 98 valence electrons. The van der Waals surface area contributed by atoms with Gasteiger partial charge in [0.15, 0.2) is 4.83 Å². The molecule has 0 aromatic heterocycles. The van der Waals surface area contributed by atoms with Crippen molar-refractivity contribution in [2.24, 2.45) is 0 Å². The second-order valence-corrected chi connectivity index (χ2v) is 5.16. The van der Waals surface area contributed by atoms with Gasteiger partial charge in [0.2, 0.25) is 6.10 Å². The van der Waals surface area contributed by atoms with Crippen LogP contribution in [0.15, 0.2) is 0 Å². The second kappa shape index (κ2) is 5.70. The SMILES string of the molecule is C#CC(Br)C(=O)OC(CS(=O)(=O)O)C(F)(F)F. The van der Waals surface area contributed by atoms with Crippen molar-refractivity contribution in [2.75, 3.05) is 5.75 Å². The molecule has 0 aliphatic rings. The molecule has 0 aromatic rings. The second-order valence-electron chi connectivity index (χ2n) is 2.74. The van der Waals surface area contributed by atoms with Crippen molar-refractivity contribution in [1.82, 2.24) is 0 Å². The standard InChI is InChI=1S/C7H6BrF3O5S/c1-2-4(8)6(12)16-5(7(9,10)11)3-17(13,14)15/h1,4-5H,3H2,(H,13,14,15). The van der Waals surface area contributed by atoms with Crippen LogP contribution in [0.3, 0.4) is 0 Å². The molecule has 1 N–H and O–H groups in total. The molecule has 0 heterocycles. The summed E-state index contributed by atoms with van der Waals surface area (Å²) in [5.41, 5.74) is 0. The highest BCUT2D eigenvalue weighted by atomic mass is 79.9. The van der Waals surface area contributed by atoms with Gasteiger partial charge >= 0.3 is 12.1 Å². The minimum absolute atomic E-state index is 1.44. The van der Waals surface area contributed by atoms with Crippen molar-refractivity contribution in [3.05, 3.63) is 0 Å². The van der Waals surface area contributed by atoms with Gasteiger partial charge in [-0.1, -0.05) is 21.9 Å². The number of hydrogen-bond acceptors (Lipinski definition) is 4.